The van der Waals surface area contributed by atoms with Crippen molar-refractivity contribution in [2.45, 2.75) is 6.04 Å². The molecule has 6 aromatic rings. The Balaban J connectivity index is 1.43. The summed E-state index contributed by atoms with van der Waals surface area (Å²) < 4.78 is 2.42. The van der Waals surface area contributed by atoms with Gasteiger partial charge < -0.3 is 4.90 Å². The number of hydrogen-bond donors (Lipinski definition) is 0. The minimum absolute atomic E-state index is 0.0355. The van der Waals surface area contributed by atoms with Gasteiger partial charge in [0.1, 0.15) is 23.1 Å². The Morgan fingerprint density at radius 1 is 0.545 bits per heavy atom. The molecule has 1 aromatic heterocycles. The van der Waals surface area contributed by atoms with E-state index in [2.05, 4.69) is 149 Å². The topological polar surface area (TPSA) is 32.0 Å². The molecule has 0 radical (unpaired) electrons. The van der Waals surface area contributed by atoms with E-state index in [9.17, 15) is 0 Å². The molecule has 0 bridgehead atoms. The molecule has 3 heterocycles. The van der Waals surface area contributed by atoms with Gasteiger partial charge in [-0.3, -0.25) is 0 Å². The number of nitrogens with zero attached hydrogens (tertiary/aromatic N) is 4. The number of anilines is 2. The van der Waals surface area contributed by atoms with E-state index in [4.69, 9.17) is 9.97 Å². The molecule has 44 heavy (non-hydrogen) atoms. The Bertz CT molecular complexity index is 2100. The van der Waals surface area contributed by atoms with E-state index >= 15 is 0 Å². The van der Waals surface area contributed by atoms with Crippen LogP contribution in [0, 0.1) is 0 Å². The third-order valence-electron chi connectivity index (χ3n) is 8.72. The second kappa shape index (κ2) is 9.85. The highest BCUT2D eigenvalue weighted by Crippen LogP contribution is 2.53. The zero-order chi connectivity index (χ0) is 29.0. The molecule has 0 saturated carbocycles. The second-order valence-corrected chi connectivity index (χ2v) is 11.2. The van der Waals surface area contributed by atoms with Crippen LogP contribution in [0.25, 0.3) is 39.5 Å². The minimum Gasteiger partial charge on any atom is -0.318 e. The lowest BCUT2D eigenvalue weighted by molar-refractivity contribution is 0.924. The highest BCUT2D eigenvalue weighted by Gasteiger charge is 2.49. The van der Waals surface area contributed by atoms with Gasteiger partial charge >= 0.3 is 0 Å². The van der Waals surface area contributed by atoms with Crippen LogP contribution in [0.15, 0.2) is 158 Å². The van der Waals surface area contributed by atoms with Crippen molar-refractivity contribution in [1.82, 2.24) is 14.5 Å². The van der Waals surface area contributed by atoms with Gasteiger partial charge in [-0.15, -0.1) is 4.58 Å². The minimum atomic E-state index is 0.0355. The summed E-state index contributed by atoms with van der Waals surface area (Å²) in [6, 6.07) is 48.8. The average Bonchev–Trinajstić information content (AvgIpc) is 3.45. The van der Waals surface area contributed by atoms with Crippen molar-refractivity contribution in [3.8, 4) is 33.9 Å². The van der Waals surface area contributed by atoms with E-state index in [1.165, 1.54) is 22.5 Å². The van der Waals surface area contributed by atoms with E-state index < -0.39 is 0 Å². The number of fused-ring (bicyclic) bond motifs is 5. The van der Waals surface area contributed by atoms with Crippen LogP contribution in [0.2, 0.25) is 0 Å². The summed E-state index contributed by atoms with van der Waals surface area (Å²) in [5, 5.41) is 0. The number of rotatable bonds is 4. The van der Waals surface area contributed by atoms with Gasteiger partial charge in [-0.1, -0.05) is 133 Å². The van der Waals surface area contributed by atoms with E-state index in [0.29, 0.717) is 5.82 Å². The van der Waals surface area contributed by atoms with Gasteiger partial charge in [-0.05, 0) is 17.7 Å². The Kier molecular flexibility index (Phi) is 5.53. The molecule has 9 rings (SSSR count). The van der Waals surface area contributed by atoms with Crippen LogP contribution >= 0.6 is 0 Å². The highest BCUT2D eigenvalue weighted by atomic mass is 15.3. The largest absolute Gasteiger partial charge is 0.318 e. The molecule has 2 aliphatic heterocycles. The zero-order valence-corrected chi connectivity index (χ0v) is 23.9. The third-order valence-corrected chi connectivity index (χ3v) is 8.72. The van der Waals surface area contributed by atoms with Crippen molar-refractivity contribution in [2.24, 2.45) is 0 Å². The summed E-state index contributed by atoms with van der Waals surface area (Å²) in [6.07, 6.45) is 6.72. The van der Waals surface area contributed by atoms with Gasteiger partial charge in [0.2, 0.25) is 11.4 Å². The van der Waals surface area contributed by atoms with Gasteiger partial charge in [-0.25, -0.2) is 9.97 Å². The van der Waals surface area contributed by atoms with Gasteiger partial charge in [-0.2, -0.15) is 0 Å². The molecule has 206 valence electrons. The average molecular weight is 564 g/mol. The molecule has 1 aliphatic carbocycles. The molecular weight excluding hydrogens is 536 g/mol. The van der Waals surface area contributed by atoms with Gasteiger partial charge in [0.05, 0.1) is 5.69 Å². The highest BCUT2D eigenvalue weighted by molar-refractivity contribution is 6.21. The molecule has 1 unspecified atom stereocenters. The van der Waals surface area contributed by atoms with Gasteiger partial charge in [0, 0.05) is 34.4 Å². The van der Waals surface area contributed by atoms with Crippen LogP contribution < -0.4 is 9.48 Å². The Morgan fingerprint density at radius 2 is 1.09 bits per heavy atom. The maximum absolute atomic E-state index is 5.36. The van der Waals surface area contributed by atoms with Crippen LogP contribution in [0.3, 0.4) is 0 Å². The van der Waals surface area contributed by atoms with Crippen LogP contribution in [0.1, 0.15) is 5.56 Å². The molecule has 3 aliphatic rings. The fourth-order valence-corrected chi connectivity index (χ4v) is 6.86. The lowest BCUT2D eigenvalue weighted by atomic mass is 9.91. The van der Waals surface area contributed by atoms with E-state index in [0.717, 1.165) is 45.1 Å². The van der Waals surface area contributed by atoms with Crippen molar-refractivity contribution in [3.63, 3.8) is 0 Å². The summed E-state index contributed by atoms with van der Waals surface area (Å²) in [6.45, 7) is 0. The summed E-state index contributed by atoms with van der Waals surface area (Å²) in [4.78, 5) is 13.2. The van der Waals surface area contributed by atoms with E-state index in [-0.39, 0.29) is 6.04 Å². The third kappa shape index (κ3) is 3.68. The van der Waals surface area contributed by atoms with Crippen LogP contribution in [-0.4, -0.2) is 21.7 Å². The number of aromatic nitrogens is 2. The monoisotopic (exact) mass is 563 g/mol. The molecule has 0 fully saturated rings. The van der Waals surface area contributed by atoms with Gasteiger partial charge in [0.25, 0.3) is 5.69 Å². The summed E-state index contributed by atoms with van der Waals surface area (Å²) in [5.41, 5.74) is 13.1. The molecule has 4 nitrogen and oxygen atoms in total. The predicted molar refractivity (Wildman–Crippen MR) is 181 cm³/mol. The number of benzene rings is 5. The molecular formula is C40H27N4+. The molecule has 0 amide bonds. The maximum Gasteiger partial charge on any atom is 0.264 e. The fourth-order valence-electron chi connectivity index (χ4n) is 6.86. The first-order valence-corrected chi connectivity index (χ1v) is 15.0. The van der Waals surface area contributed by atoms with Crippen molar-refractivity contribution in [2.75, 3.05) is 4.90 Å². The normalized spacial score (nSPS) is 15.9. The number of para-hydroxylation sites is 3. The molecule has 1 atom stereocenters. The van der Waals surface area contributed by atoms with Crippen molar-refractivity contribution in [1.29, 1.82) is 0 Å². The van der Waals surface area contributed by atoms with Crippen molar-refractivity contribution in [3.05, 3.63) is 163 Å². The summed E-state index contributed by atoms with van der Waals surface area (Å²) in [5.74, 6) is 0.706. The fraction of sp³-hybridized carbons (Fsp3) is 0.0250. The Labute approximate surface area is 256 Å². The van der Waals surface area contributed by atoms with Crippen LogP contribution in [-0.2, 0) is 0 Å². The van der Waals surface area contributed by atoms with Crippen molar-refractivity contribution >= 4 is 34.0 Å². The van der Waals surface area contributed by atoms with Crippen LogP contribution in [0.5, 0.6) is 0 Å². The second-order valence-electron chi connectivity index (χ2n) is 11.2. The maximum atomic E-state index is 5.36. The van der Waals surface area contributed by atoms with Crippen molar-refractivity contribution < 1.29 is 0 Å². The molecule has 5 aromatic carbocycles. The number of allylic oxidation sites excluding steroid dienone is 2. The summed E-state index contributed by atoms with van der Waals surface area (Å²) in [7, 11) is 0. The quantitative estimate of drug-likeness (QED) is 0.200. The van der Waals surface area contributed by atoms with E-state index in [1.807, 2.05) is 18.2 Å². The smallest absolute Gasteiger partial charge is 0.264 e. The first-order valence-electron chi connectivity index (χ1n) is 15.0. The predicted octanol–water partition coefficient (Wildman–Crippen LogP) is 9.24. The lowest BCUT2D eigenvalue weighted by Gasteiger charge is -2.33. The Hall–Kier alpha value is -5.87. The summed E-state index contributed by atoms with van der Waals surface area (Å²) >= 11 is 0. The first kappa shape index (κ1) is 24.7. The molecule has 0 N–H and O–H groups in total. The zero-order valence-electron chi connectivity index (χ0n) is 23.9. The SMILES string of the molecule is C1=CC2=[N+](c3c(-c4ccccc4)nc(-c4ccccc4)nc3-c3ccccc3)c3ccccc3N3c4ccccc4C(=C1)C23. The first-order chi connectivity index (χ1) is 21.9. The molecule has 0 spiro atoms. The van der Waals surface area contributed by atoms with Crippen LogP contribution in [0.4, 0.5) is 22.7 Å². The standard InChI is InChI=1S/C40H27N4/c1-4-15-27(16-5-1)36-39(37(28-17-6-2-7-18-28)42-40(41-36)29-19-8-3-9-20-29)44-34-25-13-12-24-33(34)43-32-23-11-10-21-30(32)31-22-14-26-35(44)38(31)43/h1-26,38H/q+1. The van der Waals surface area contributed by atoms with E-state index in [1.54, 1.807) is 0 Å². The lowest BCUT2D eigenvalue weighted by Crippen LogP contribution is -2.43. The van der Waals surface area contributed by atoms with Gasteiger partial charge in [0.15, 0.2) is 5.82 Å². The number of hydrogen-bond acceptors (Lipinski definition) is 3. The molecule has 4 heteroatoms. The Morgan fingerprint density at radius 3 is 1.75 bits per heavy atom. The molecule has 0 saturated heterocycles.